The smallest absolute Gasteiger partial charge is 0.267 e. The number of benzene rings is 2. The Morgan fingerprint density at radius 3 is 2.62 bits per heavy atom. The largest absolute Gasteiger partial charge is 0.489 e. The van der Waals surface area contributed by atoms with E-state index in [4.69, 9.17) is 16.3 Å². The molecule has 2 saturated carbocycles. The van der Waals surface area contributed by atoms with Gasteiger partial charge in [-0.2, -0.15) is 0 Å². The van der Waals surface area contributed by atoms with Gasteiger partial charge >= 0.3 is 0 Å². The van der Waals surface area contributed by atoms with Crippen LogP contribution in [0.1, 0.15) is 65.9 Å². The number of hydrogen-bond donors (Lipinski definition) is 1. The molecule has 0 radical (unpaired) electrons. The maximum absolute atomic E-state index is 15.0. The van der Waals surface area contributed by atoms with Gasteiger partial charge < -0.3 is 4.74 Å². The maximum Gasteiger partial charge on any atom is 0.267 e. The van der Waals surface area contributed by atoms with Crippen molar-refractivity contribution in [2.24, 2.45) is 0 Å². The maximum atomic E-state index is 15.0. The number of amides is 1. The van der Waals surface area contributed by atoms with Gasteiger partial charge in [0.25, 0.3) is 5.91 Å². The van der Waals surface area contributed by atoms with Crippen LogP contribution in [0, 0.1) is 5.82 Å². The molecule has 0 bridgehead atoms. The highest BCUT2D eigenvalue weighted by molar-refractivity contribution is 7.91. The molecule has 1 atom stereocenters. The number of piperidine rings is 1. The molecule has 3 aliphatic rings. The second-order valence-electron chi connectivity index (χ2n) is 9.53. The molecule has 2 aromatic carbocycles. The first-order valence-corrected chi connectivity index (χ1v) is 13.7. The molecular formula is C25H28ClFN2O4S. The van der Waals surface area contributed by atoms with Gasteiger partial charge in [0.15, 0.2) is 0 Å². The Kier molecular flexibility index (Phi) is 6.57. The highest BCUT2D eigenvalue weighted by atomic mass is 35.5. The third kappa shape index (κ3) is 5.39. The Bertz CT molecular complexity index is 1200. The van der Waals surface area contributed by atoms with Crippen LogP contribution >= 0.6 is 11.6 Å². The lowest BCUT2D eigenvalue weighted by Gasteiger charge is -2.33. The summed E-state index contributed by atoms with van der Waals surface area (Å²) in [6.45, 7) is 2.35. The van der Waals surface area contributed by atoms with E-state index in [1.807, 2.05) is 29.0 Å². The molecule has 9 heteroatoms. The number of carbonyl (C=O) groups is 1. The van der Waals surface area contributed by atoms with Gasteiger partial charge in [0.1, 0.15) is 17.7 Å². The Morgan fingerprint density at radius 1 is 1.15 bits per heavy atom. The fraction of sp³-hybridized carbons (Fsp3) is 0.480. The lowest BCUT2D eigenvalue weighted by atomic mass is 10.0. The van der Waals surface area contributed by atoms with Crippen LogP contribution in [0.4, 0.5) is 4.39 Å². The SMILES string of the molecule is O=C(NS(=O)(=O)C1CC1)c1cc(C2CC2)c(O[C@@H]2CCCN(Cc3ccccc3Cl)C2)cc1F. The summed E-state index contributed by atoms with van der Waals surface area (Å²) in [7, 11) is -3.75. The standard InChI is InChI=1S/C25H28ClFN2O4S/c26-22-6-2-1-4-17(22)14-29-11-3-5-18(15-29)33-24-13-23(27)21(12-20(24)16-7-8-16)25(30)28-34(31,32)19-9-10-19/h1-2,4,6,12-13,16,18-19H,3,5,7-11,14-15H2,(H,28,30)/t18-/m1/s1. The van der Waals surface area contributed by atoms with E-state index in [1.54, 1.807) is 0 Å². The van der Waals surface area contributed by atoms with Gasteiger partial charge in [-0.3, -0.25) is 9.69 Å². The molecule has 2 aliphatic carbocycles. The molecule has 34 heavy (non-hydrogen) atoms. The highest BCUT2D eigenvalue weighted by Crippen LogP contribution is 2.45. The van der Waals surface area contributed by atoms with Crippen molar-refractivity contribution >= 4 is 27.5 Å². The molecule has 1 N–H and O–H groups in total. The Balaban J connectivity index is 1.31. The number of sulfonamides is 1. The van der Waals surface area contributed by atoms with Gasteiger partial charge in [0.2, 0.25) is 10.0 Å². The predicted octanol–water partition coefficient (Wildman–Crippen LogP) is 4.62. The van der Waals surface area contributed by atoms with Gasteiger partial charge in [-0.25, -0.2) is 17.5 Å². The second kappa shape index (κ2) is 9.47. The average molecular weight is 507 g/mol. The number of carbonyl (C=O) groups excluding carboxylic acids is 1. The molecule has 0 aromatic heterocycles. The average Bonchev–Trinajstić information content (AvgIpc) is 3.68. The van der Waals surface area contributed by atoms with Crippen molar-refractivity contribution in [2.75, 3.05) is 13.1 Å². The van der Waals surface area contributed by atoms with Crippen LogP contribution < -0.4 is 9.46 Å². The monoisotopic (exact) mass is 506 g/mol. The van der Waals surface area contributed by atoms with Crippen LogP contribution in [0.3, 0.4) is 0 Å². The zero-order chi connectivity index (χ0) is 23.9. The van der Waals surface area contributed by atoms with E-state index >= 15 is 0 Å². The first kappa shape index (κ1) is 23.6. The fourth-order valence-electron chi connectivity index (χ4n) is 4.51. The number of hydrogen-bond acceptors (Lipinski definition) is 5. The summed E-state index contributed by atoms with van der Waals surface area (Å²) in [6.07, 6.45) is 4.63. The zero-order valence-electron chi connectivity index (χ0n) is 18.8. The lowest BCUT2D eigenvalue weighted by Crippen LogP contribution is -2.40. The van der Waals surface area contributed by atoms with E-state index in [9.17, 15) is 17.6 Å². The lowest BCUT2D eigenvalue weighted by molar-refractivity contribution is 0.0832. The summed E-state index contributed by atoms with van der Waals surface area (Å²) in [4.78, 5) is 14.9. The zero-order valence-corrected chi connectivity index (χ0v) is 20.4. The summed E-state index contributed by atoms with van der Waals surface area (Å²) in [5, 5.41) is 0.186. The van der Waals surface area contributed by atoms with E-state index in [0.29, 0.717) is 25.1 Å². The Hall–Kier alpha value is -2.16. The molecular weight excluding hydrogens is 479 g/mol. The van der Waals surface area contributed by atoms with Crippen molar-refractivity contribution in [3.63, 3.8) is 0 Å². The summed E-state index contributed by atoms with van der Waals surface area (Å²) in [6, 6.07) is 10.5. The molecule has 1 amide bonds. The Labute approximate surface area is 204 Å². The second-order valence-corrected chi connectivity index (χ2v) is 11.9. The molecule has 1 saturated heterocycles. The third-order valence-corrected chi connectivity index (χ3v) is 8.85. The minimum absolute atomic E-state index is 0.108. The van der Waals surface area contributed by atoms with Crippen molar-refractivity contribution in [3.8, 4) is 5.75 Å². The Morgan fingerprint density at radius 2 is 1.91 bits per heavy atom. The van der Waals surface area contributed by atoms with Gasteiger partial charge in [-0.15, -0.1) is 0 Å². The van der Waals surface area contributed by atoms with Gasteiger partial charge in [0.05, 0.1) is 10.8 Å². The van der Waals surface area contributed by atoms with Crippen LogP contribution in [0.5, 0.6) is 5.75 Å². The predicted molar refractivity (Wildman–Crippen MR) is 128 cm³/mol. The van der Waals surface area contributed by atoms with Crippen LogP contribution in [0.2, 0.25) is 5.02 Å². The molecule has 6 nitrogen and oxygen atoms in total. The van der Waals surface area contributed by atoms with E-state index in [1.165, 1.54) is 12.1 Å². The van der Waals surface area contributed by atoms with Crippen molar-refractivity contribution in [1.82, 2.24) is 9.62 Å². The van der Waals surface area contributed by atoms with Crippen molar-refractivity contribution in [3.05, 3.63) is 63.9 Å². The topological polar surface area (TPSA) is 75.7 Å². The highest BCUT2D eigenvalue weighted by Gasteiger charge is 2.38. The first-order chi connectivity index (χ1) is 16.3. The molecule has 1 aliphatic heterocycles. The summed E-state index contributed by atoms with van der Waals surface area (Å²) >= 11 is 6.32. The molecule has 1 heterocycles. The molecule has 182 valence electrons. The summed E-state index contributed by atoms with van der Waals surface area (Å²) < 4.78 is 47.6. The van der Waals surface area contributed by atoms with E-state index < -0.39 is 27.0 Å². The van der Waals surface area contributed by atoms with E-state index in [2.05, 4.69) is 4.90 Å². The molecule has 3 fully saturated rings. The van der Waals surface area contributed by atoms with E-state index in [-0.39, 0.29) is 17.6 Å². The number of ether oxygens (including phenoxy) is 1. The van der Waals surface area contributed by atoms with Crippen LogP contribution in [-0.2, 0) is 16.6 Å². The summed E-state index contributed by atoms with van der Waals surface area (Å²) in [5.41, 5.74) is 1.59. The van der Waals surface area contributed by atoms with Crippen LogP contribution in [0.15, 0.2) is 36.4 Å². The minimum Gasteiger partial charge on any atom is -0.489 e. The van der Waals surface area contributed by atoms with E-state index in [0.717, 1.165) is 54.9 Å². The minimum atomic E-state index is -3.75. The van der Waals surface area contributed by atoms with Gasteiger partial charge in [-0.05, 0) is 74.2 Å². The molecule has 0 spiro atoms. The van der Waals surface area contributed by atoms with Crippen molar-refractivity contribution in [2.45, 2.75) is 62.3 Å². The number of halogens is 2. The van der Waals surface area contributed by atoms with Crippen LogP contribution in [0.25, 0.3) is 0 Å². The van der Waals surface area contributed by atoms with Crippen LogP contribution in [-0.4, -0.2) is 43.7 Å². The number of rotatable bonds is 8. The number of nitrogens with one attached hydrogen (secondary N) is 1. The van der Waals surface area contributed by atoms with Gasteiger partial charge in [-0.1, -0.05) is 29.8 Å². The quantitative estimate of drug-likeness (QED) is 0.565. The fourth-order valence-corrected chi connectivity index (χ4v) is 5.99. The number of likely N-dealkylation sites (tertiary alicyclic amines) is 1. The number of nitrogens with zero attached hydrogens (tertiary/aromatic N) is 1. The first-order valence-electron chi connectivity index (χ1n) is 11.8. The van der Waals surface area contributed by atoms with Crippen molar-refractivity contribution in [1.29, 1.82) is 0 Å². The third-order valence-electron chi connectivity index (χ3n) is 6.67. The molecule has 0 unspecified atom stereocenters. The van der Waals surface area contributed by atoms with Crippen molar-refractivity contribution < 1.29 is 22.3 Å². The molecule has 5 rings (SSSR count). The van der Waals surface area contributed by atoms with Gasteiger partial charge in [0, 0.05) is 24.2 Å². The molecule has 2 aromatic rings. The normalized spacial score (nSPS) is 21.3. The summed E-state index contributed by atoms with van der Waals surface area (Å²) in [5.74, 6) is -1.04.